The maximum atomic E-state index is 2.17. The van der Waals surface area contributed by atoms with Crippen molar-refractivity contribution in [3.05, 3.63) is 243 Å². The number of benzene rings is 8. The molecule has 0 aliphatic rings. The van der Waals surface area contributed by atoms with E-state index in [0.29, 0.717) is 0 Å². The molecule has 0 heterocycles. The van der Waals surface area contributed by atoms with E-state index in [1.165, 1.54) is 42.4 Å². The van der Waals surface area contributed by atoms with Crippen LogP contribution in [-0.4, -0.2) is 0 Å². The van der Waals surface area contributed by atoms with Gasteiger partial charge in [-0.15, -0.1) is 0 Å². The molecule has 0 saturated heterocycles. The Balaban J connectivity index is 0.000000157. The SMILES string of the molecule is [Pt].c1ccc(Pc2ccccc2)cc1.c1ccc(Pc2ccccc2)cc1.c1ccc(Pc2ccccc2)cc1.c1ccc(Pc2ccccc2)cc1. The molecule has 0 spiro atoms. The summed E-state index contributed by atoms with van der Waals surface area (Å²) in [5, 5.41) is 11.2. The van der Waals surface area contributed by atoms with Gasteiger partial charge in [-0.25, -0.2) is 0 Å². The van der Waals surface area contributed by atoms with Crippen LogP contribution in [0.3, 0.4) is 0 Å². The van der Waals surface area contributed by atoms with Crippen LogP contribution in [0.4, 0.5) is 0 Å². The van der Waals surface area contributed by atoms with Gasteiger partial charge in [0.05, 0.1) is 0 Å². The van der Waals surface area contributed by atoms with Gasteiger partial charge in [0.25, 0.3) is 0 Å². The van der Waals surface area contributed by atoms with E-state index in [0.717, 1.165) is 34.3 Å². The predicted octanol–water partition coefficient (Wildman–Crippen LogP) is 9.26. The summed E-state index contributed by atoms with van der Waals surface area (Å²) in [5.74, 6) is 0. The fourth-order valence-electron chi connectivity index (χ4n) is 4.84. The molecule has 8 aromatic rings. The van der Waals surface area contributed by atoms with Crippen molar-refractivity contribution < 1.29 is 21.1 Å². The first kappa shape index (κ1) is 41.9. The van der Waals surface area contributed by atoms with Gasteiger partial charge in [0, 0.05) is 21.1 Å². The van der Waals surface area contributed by atoms with Crippen molar-refractivity contribution in [2.45, 2.75) is 0 Å². The monoisotopic (exact) mass is 939 g/mol. The van der Waals surface area contributed by atoms with Crippen LogP contribution in [0.25, 0.3) is 0 Å². The van der Waals surface area contributed by atoms with Crippen molar-refractivity contribution in [3.63, 3.8) is 0 Å². The Bertz CT molecular complexity index is 1580. The van der Waals surface area contributed by atoms with Crippen LogP contribution in [0.15, 0.2) is 243 Å². The normalized spacial score (nSPS) is 9.66. The third kappa shape index (κ3) is 17.7. The fraction of sp³-hybridized carbons (Fsp3) is 0. The Kier molecular flexibility index (Phi) is 20.6. The molecule has 0 aromatic heterocycles. The van der Waals surface area contributed by atoms with E-state index in [-0.39, 0.29) is 21.1 Å². The number of hydrogen-bond donors (Lipinski definition) is 0. The molecule has 0 aliphatic carbocycles. The molecule has 5 heteroatoms. The molecule has 0 atom stereocenters. The first-order chi connectivity index (χ1) is 25.8. The van der Waals surface area contributed by atoms with Gasteiger partial charge in [0.1, 0.15) is 0 Å². The summed E-state index contributed by atoms with van der Waals surface area (Å²) < 4.78 is 0. The van der Waals surface area contributed by atoms with E-state index in [2.05, 4.69) is 243 Å². The van der Waals surface area contributed by atoms with E-state index in [9.17, 15) is 0 Å². The van der Waals surface area contributed by atoms with Gasteiger partial charge in [0.2, 0.25) is 0 Å². The minimum Gasteiger partial charge on any atom is -0.0622 e. The largest absolute Gasteiger partial charge is 0.0622 e. The van der Waals surface area contributed by atoms with Gasteiger partial charge >= 0.3 is 0 Å². The molecule has 53 heavy (non-hydrogen) atoms. The van der Waals surface area contributed by atoms with Crippen molar-refractivity contribution in [3.8, 4) is 0 Å². The Morgan fingerprint density at radius 3 is 0.340 bits per heavy atom. The van der Waals surface area contributed by atoms with Crippen molar-refractivity contribution in [1.29, 1.82) is 0 Å². The number of hydrogen-bond acceptors (Lipinski definition) is 0. The van der Waals surface area contributed by atoms with Crippen molar-refractivity contribution in [2.75, 3.05) is 0 Å². The first-order valence-electron chi connectivity index (χ1n) is 17.3. The molecule has 0 fully saturated rings. The maximum Gasteiger partial charge on any atom is 0 e. The molecular weight excluding hydrogens is 896 g/mol. The summed E-state index contributed by atoms with van der Waals surface area (Å²) >= 11 is 0. The Morgan fingerprint density at radius 2 is 0.245 bits per heavy atom. The molecule has 8 rings (SSSR count). The molecule has 266 valence electrons. The predicted molar refractivity (Wildman–Crippen MR) is 242 cm³/mol. The smallest absolute Gasteiger partial charge is 0 e. The van der Waals surface area contributed by atoms with E-state index < -0.39 is 0 Å². The zero-order chi connectivity index (χ0) is 35.7. The molecule has 0 N–H and O–H groups in total. The van der Waals surface area contributed by atoms with Crippen LogP contribution in [0.1, 0.15) is 0 Å². The standard InChI is InChI=1S/4C12H11P.Pt/c4*1-3-7-11(8-4-1)13-12-9-5-2-6-10-12;/h4*1-10,13H;. The summed E-state index contributed by atoms with van der Waals surface area (Å²) in [6.45, 7) is 0. The number of rotatable bonds is 8. The van der Waals surface area contributed by atoms with E-state index in [1.807, 2.05) is 0 Å². The summed E-state index contributed by atoms with van der Waals surface area (Å²) in [4.78, 5) is 0. The van der Waals surface area contributed by atoms with Gasteiger partial charge in [-0.05, 0) is 42.4 Å². The maximum absolute atomic E-state index is 2.17. The molecule has 0 nitrogen and oxygen atoms in total. The van der Waals surface area contributed by atoms with Crippen molar-refractivity contribution >= 4 is 76.8 Å². The third-order valence-electron chi connectivity index (χ3n) is 7.35. The molecular formula is C48H44P4Pt. The molecule has 0 saturated carbocycles. The molecule has 0 aliphatic heterocycles. The summed E-state index contributed by atoms with van der Waals surface area (Å²) in [7, 11) is 3.11. The molecule has 0 bridgehead atoms. The van der Waals surface area contributed by atoms with Crippen LogP contribution in [0, 0.1) is 0 Å². The molecule has 0 unspecified atom stereocenters. The van der Waals surface area contributed by atoms with Crippen molar-refractivity contribution in [2.24, 2.45) is 0 Å². The second kappa shape index (κ2) is 26.0. The average molecular weight is 940 g/mol. The van der Waals surface area contributed by atoms with Crippen LogP contribution >= 0.6 is 34.3 Å². The Hall–Kier alpha value is -3.83. The van der Waals surface area contributed by atoms with Crippen LogP contribution < -0.4 is 42.4 Å². The fourth-order valence-corrected chi connectivity index (χ4v) is 9.04. The van der Waals surface area contributed by atoms with E-state index in [4.69, 9.17) is 0 Å². The second-order valence-corrected chi connectivity index (χ2v) is 17.0. The third-order valence-corrected chi connectivity index (χ3v) is 12.3. The van der Waals surface area contributed by atoms with E-state index >= 15 is 0 Å². The quantitative estimate of drug-likeness (QED) is 0.134. The minimum absolute atomic E-state index is 0. The summed E-state index contributed by atoms with van der Waals surface area (Å²) in [6, 6.07) is 84.6. The Morgan fingerprint density at radius 1 is 0.151 bits per heavy atom. The first-order valence-corrected chi connectivity index (χ1v) is 21.3. The summed E-state index contributed by atoms with van der Waals surface area (Å²) in [6.07, 6.45) is 0. The van der Waals surface area contributed by atoms with Crippen LogP contribution in [-0.2, 0) is 21.1 Å². The minimum atomic E-state index is 0. The van der Waals surface area contributed by atoms with Gasteiger partial charge < -0.3 is 0 Å². The van der Waals surface area contributed by atoms with Crippen LogP contribution in [0.2, 0.25) is 0 Å². The topological polar surface area (TPSA) is 0 Å². The van der Waals surface area contributed by atoms with Gasteiger partial charge in [-0.3, -0.25) is 0 Å². The van der Waals surface area contributed by atoms with Crippen LogP contribution in [0.5, 0.6) is 0 Å². The van der Waals surface area contributed by atoms with E-state index in [1.54, 1.807) is 0 Å². The van der Waals surface area contributed by atoms with Gasteiger partial charge in [-0.1, -0.05) is 277 Å². The zero-order valence-corrected chi connectivity index (χ0v) is 35.7. The zero-order valence-electron chi connectivity index (χ0n) is 29.4. The second-order valence-electron chi connectivity index (χ2n) is 11.4. The Labute approximate surface area is 338 Å². The molecule has 8 aromatic carbocycles. The average Bonchev–Trinajstić information content (AvgIpc) is 3.22. The van der Waals surface area contributed by atoms with Gasteiger partial charge in [0.15, 0.2) is 0 Å². The van der Waals surface area contributed by atoms with Gasteiger partial charge in [-0.2, -0.15) is 0 Å². The van der Waals surface area contributed by atoms with Crippen molar-refractivity contribution in [1.82, 2.24) is 0 Å². The molecule has 0 radical (unpaired) electrons. The summed E-state index contributed by atoms with van der Waals surface area (Å²) in [5.41, 5.74) is 0. The molecule has 0 amide bonds.